The minimum absolute atomic E-state index is 0.129. The van der Waals surface area contributed by atoms with Crippen LogP contribution in [0.4, 0.5) is 0 Å². The third-order valence-electron chi connectivity index (χ3n) is 1.74. The normalized spacial score (nSPS) is 12.4. The third kappa shape index (κ3) is 3.81. The van der Waals surface area contributed by atoms with E-state index in [0.29, 0.717) is 5.75 Å². The van der Waals surface area contributed by atoms with Crippen molar-refractivity contribution in [2.75, 3.05) is 5.75 Å². The Kier molecular flexibility index (Phi) is 4.49. The molecule has 1 rings (SSSR count). The maximum absolute atomic E-state index is 10.3. The van der Waals surface area contributed by atoms with Gasteiger partial charge in [0.15, 0.2) is 0 Å². The van der Waals surface area contributed by atoms with Crippen LogP contribution in [0.3, 0.4) is 0 Å². The van der Waals surface area contributed by atoms with Crippen LogP contribution in [0, 0.1) is 0 Å². The molecule has 3 nitrogen and oxygen atoms in total. The van der Waals surface area contributed by atoms with Gasteiger partial charge >= 0.3 is 5.97 Å². The van der Waals surface area contributed by atoms with Crippen molar-refractivity contribution in [1.82, 2.24) is 0 Å². The summed E-state index contributed by atoms with van der Waals surface area (Å²) in [4.78, 5) is 10.3. The first-order chi connectivity index (χ1) is 6.70. The Labute approximate surface area is 87.3 Å². The molecular weight excluding hydrogens is 198 g/mol. The molecule has 0 saturated carbocycles. The maximum atomic E-state index is 10.3. The summed E-state index contributed by atoms with van der Waals surface area (Å²) in [6.07, 6.45) is 0.158. The highest BCUT2D eigenvalue weighted by molar-refractivity contribution is 7.99. The van der Waals surface area contributed by atoms with Crippen molar-refractivity contribution in [2.45, 2.75) is 11.8 Å². The monoisotopic (exact) mass is 211 g/mol. The van der Waals surface area contributed by atoms with E-state index in [0.717, 1.165) is 5.56 Å². The lowest BCUT2D eigenvalue weighted by Gasteiger charge is -2.10. The van der Waals surface area contributed by atoms with Gasteiger partial charge in [-0.05, 0) is 5.56 Å². The van der Waals surface area contributed by atoms with Gasteiger partial charge < -0.3 is 10.8 Å². The van der Waals surface area contributed by atoms with Crippen LogP contribution in [0.2, 0.25) is 0 Å². The van der Waals surface area contributed by atoms with Crippen LogP contribution in [0.25, 0.3) is 0 Å². The maximum Gasteiger partial charge on any atom is 0.304 e. The zero-order valence-electron chi connectivity index (χ0n) is 7.72. The molecule has 0 aliphatic heterocycles. The number of benzene rings is 1. The fourth-order valence-corrected chi connectivity index (χ4v) is 1.91. The summed E-state index contributed by atoms with van der Waals surface area (Å²) in [6.45, 7) is 0. The average Bonchev–Trinajstić information content (AvgIpc) is 2.18. The number of thioether (sulfide) groups is 1. The van der Waals surface area contributed by atoms with Gasteiger partial charge in [0.25, 0.3) is 0 Å². The lowest BCUT2D eigenvalue weighted by Crippen LogP contribution is -2.07. The fourth-order valence-electron chi connectivity index (χ4n) is 1.01. The standard InChI is InChI=1S/C10H13NO2S/c11-10(14-7-6-9(12)13)8-4-2-1-3-5-8/h1-5,10H,6-7,11H2,(H,12,13). The lowest BCUT2D eigenvalue weighted by atomic mass is 10.2. The van der Waals surface area contributed by atoms with Gasteiger partial charge in [-0.15, -0.1) is 11.8 Å². The zero-order chi connectivity index (χ0) is 10.4. The second-order valence-electron chi connectivity index (χ2n) is 2.85. The fraction of sp³-hybridized carbons (Fsp3) is 0.300. The van der Waals surface area contributed by atoms with Crippen molar-refractivity contribution < 1.29 is 9.90 Å². The van der Waals surface area contributed by atoms with Crippen molar-refractivity contribution in [3.05, 3.63) is 35.9 Å². The molecule has 0 aliphatic carbocycles. The number of hydrogen-bond acceptors (Lipinski definition) is 3. The number of carboxylic acids is 1. The van der Waals surface area contributed by atoms with E-state index in [1.165, 1.54) is 11.8 Å². The van der Waals surface area contributed by atoms with E-state index in [-0.39, 0.29) is 11.8 Å². The molecule has 0 aromatic heterocycles. The summed E-state index contributed by atoms with van der Waals surface area (Å²) in [5.41, 5.74) is 6.88. The molecule has 0 heterocycles. The van der Waals surface area contributed by atoms with Crippen molar-refractivity contribution in [3.8, 4) is 0 Å². The van der Waals surface area contributed by atoms with Crippen LogP contribution < -0.4 is 5.73 Å². The molecule has 0 saturated heterocycles. The molecular formula is C10H13NO2S. The van der Waals surface area contributed by atoms with Crippen molar-refractivity contribution in [3.63, 3.8) is 0 Å². The second kappa shape index (κ2) is 5.67. The van der Waals surface area contributed by atoms with E-state index < -0.39 is 5.97 Å². The summed E-state index contributed by atoms with van der Waals surface area (Å²) in [6, 6.07) is 9.66. The molecule has 1 unspecified atom stereocenters. The van der Waals surface area contributed by atoms with Gasteiger partial charge in [0.05, 0.1) is 11.8 Å². The van der Waals surface area contributed by atoms with Crippen LogP contribution in [-0.2, 0) is 4.79 Å². The number of carbonyl (C=O) groups is 1. The summed E-state index contributed by atoms with van der Waals surface area (Å²) in [7, 11) is 0. The Balaban J connectivity index is 2.36. The summed E-state index contributed by atoms with van der Waals surface area (Å²) < 4.78 is 0. The lowest BCUT2D eigenvalue weighted by molar-refractivity contribution is -0.136. The van der Waals surface area contributed by atoms with E-state index in [2.05, 4.69) is 0 Å². The van der Waals surface area contributed by atoms with Gasteiger partial charge in [0.2, 0.25) is 0 Å². The number of carboxylic acid groups (broad SMARTS) is 1. The Morgan fingerprint density at radius 1 is 1.43 bits per heavy atom. The quantitative estimate of drug-likeness (QED) is 0.730. The molecule has 4 heteroatoms. The van der Waals surface area contributed by atoms with Crippen LogP contribution in [-0.4, -0.2) is 16.8 Å². The Morgan fingerprint density at radius 3 is 2.64 bits per heavy atom. The van der Waals surface area contributed by atoms with Crippen LogP contribution >= 0.6 is 11.8 Å². The molecule has 14 heavy (non-hydrogen) atoms. The van der Waals surface area contributed by atoms with Gasteiger partial charge in [0, 0.05) is 5.75 Å². The molecule has 0 aliphatic rings. The summed E-state index contributed by atoms with van der Waals surface area (Å²) in [5.74, 6) is -0.233. The van der Waals surface area contributed by atoms with E-state index >= 15 is 0 Å². The number of nitrogens with two attached hydrogens (primary N) is 1. The number of aliphatic carboxylic acids is 1. The van der Waals surface area contributed by atoms with E-state index in [9.17, 15) is 4.79 Å². The molecule has 0 amide bonds. The van der Waals surface area contributed by atoms with E-state index in [1.54, 1.807) is 0 Å². The zero-order valence-corrected chi connectivity index (χ0v) is 8.54. The molecule has 76 valence electrons. The number of rotatable bonds is 5. The van der Waals surface area contributed by atoms with E-state index in [1.807, 2.05) is 30.3 Å². The predicted molar refractivity (Wildman–Crippen MR) is 58.1 cm³/mol. The molecule has 1 aromatic carbocycles. The molecule has 1 atom stereocenters. The van der Waals surface area contributed by atoms with Gasteiger partial charge in [-0.1, -0.05) is 30.3 Å². The molecule has 0 spiro atoms. The minimum Gasteiger partial charge on any atom is -0.481 e. The van der Waals surface area contributed by atoms with Gasteiger partial charge in [0.1, 0.15) is 0 Å². The summed E-state index contributed by atoms with van der Waals surface area (Å²) >= 11 is 1.45. The molecule has 0 fully saturated rings. The summed E-state index contributed by atoms with van der Waals surface area (Å²) in [5, 5.41) is 8.31. The van der Waals surface area contributed by atoms with Gasteiger partial charge in [-0.2, -0.15) is 0 Å². The van der Waals surface area contributed by atoms with Gasteiger partial charge in [-0.3, -0.25) is 4.79 Å². The Bertz CT molecular complexity index is 289. The highest BCUT2D eigenvalue weighted by Gasteiger charge is 2.06. The first-order valence-corrected chi connectivity index (χ1v) is 5.39. The Hall–Kier alpha value is -1.00. The number of hydrogen-bond donors (Lipinski definition) is 2. The highest BCUT2D eigenvalue weighted by atomic mass is 32.2. The molecule has 0 bridgehead atoms. The van der Waals surface area contributed by atoms with Crippen LogP contribution in [0.5, 0.6) is 0 Å². The predicted octanol–water partition coefficient (Wildman–Crippen LogP) is 1.85. The van der Waals surface area contributed by atoms with Crippen molar-refractivity contribution in [1.29, 1.82) is 0 Å². The Morgan fingerprint density at radius 2 is 2.07 bits per heavy atom. The van der Waals surface area contributed by atoms with Crippen molar-refractivity contribution in [2.24, 2.45) is 5.73 Å². The first kappa shape index (κ1) is 11.1. The average molecular weight is 211 g/mol. The van der Waals surface area contributed by atoms with Crippen molar-refractivity contribution >= 4 is 17.7 Å². The largest absolute Gasteiger partial charge is 0.481 e. The smallest absolute Gasteiger partial charge is 0.304 e. The topological polar surface area (TPSA) is 63.3 Å². The second-order valence-corrected chi connectivity index (χ2v) is 4.10. The van der Waals surface area contributed by atoms with Crippen LogP contribution in [0.1, 0.15) is 17.4 Å². The van der Waals surface area contributed by atoms with Gasteiger partial charge in [-0.25, -0.2) is 0 Å². The van der Waals surface area contributed by atoms with E-state index in [4.69, 9.17) is 10.8 Å². The SMILES string of the molecule is NC(SCCC(=O)O)c1ccccc1. The molecule has 0 radical (unpaired) electrons. The molecule has 1 aromatic rings. The minimum atomic E-state index is -0.780. The molecule has 3 N–H and O–H groups in total. The third-order valence-corrected chi connectivity index (χ3v) is 2.81. The van der Waals surface area contributed by atoms with Crippen LogP contribution in [0.15, 0.2) is 30.3 Å². The first-order valence-electron chi connectivity index (χ1n) is 4.34. The highest BCUT2D eigenvalue weighted by Crippen LogP contribution is 2.23.